The Morgan fingerprint density at radius 3 is 1.94 bits per heavy atom. The molecule has 8 rings (SSSR count). The van der Waals surface area contributed by atoms with Crippen LogP contribution in [0.4, 0.5) is 0 Å². The van der Waals surface area contributed by atoms with Gasteiger partial charge in [0, 0.05) is 34.4 Å². The van der Waals surface area contributed by atoms with Crippen molar-refractivity contribution in [3.05, 3.63) is 180 Å². The van der Waals surface area contributed by atoms with Crippen LogP contribution >= 0.6 is 0 Å². The molecule has 0 radical (unpaired) electrons. The highest BCUT2D eigenvalue weighted by atomic mass is 15.1. The number of imidazole rings is 1. The third-order valence-corrected chi connectivity index (χ3v) is 9.37. The third kappa shape index (κ3) is 6.24. The first-order valence-electron chi connectivity index (χ1n) is 17.2. The van der Waals surface area contributed by atoms with Crippen molar-refractivity contribution in [2.75, 3.05) is 6.54 Å². The van der Waals surface area contributed by atoms with Crippen molar-refractivity contribution >= 4 is 28.5 Å². The van der Waals surface area contributed by atoms with Crippen LogP contribution in [0.3, 0.4) is 0 Å². The molecule has 246 valence electrons. The number of nitrogens with zero attached hydrogens (tertiary/aromatic N) is 6. The lowest BCUT2D eigenvalue weighted by molar-refractivity contribution is 0.777. The smallest absolute Gasteiger partial charge is 0.164 e. The van der Waals surface area contributed by atoms with E-state index in [9.17, 15) is 0 Å². The molecule has 0 spiro atoms. The summed E-state index contributed by atoms with van der Waals surface area (Å²) in [6.45, 7) is 9.35. The highest BCUT2D eigenvalue weighted by Crippen LogP contribution is 2.42. The number of aliphatic imine (C=N–C) groups is 1. The minimum Gasteiger partial charge on any atom is -0.295 e. The third-order valence-electron chi connectivity index (χ3n) is 9.37. The molecule has 0 saturated carbocycles. The largest absolute Gasteiger partial charge is 0.295 e. The van der Waals surface area contributed by atoms with Crippen molar-refractivity contribution in [3.63, 3.8) is 0 Å². The average molecular weight is 661 g/mol. The molecule has 2 aromatic heterocycles. The van der Waals surface area contributed by atoms with E-state index in [1.54, 1.807) is 0 Å². The predicted molar refractivity (Wildman–Crippen MR) is 210 cm³/mol. The number of hydrogen-bond acceptors (Lipinski definition) is 5. The van der Waals surface area contributed by atoms with Gasteiger partial charge in [-0.15, -0.1) is 0 Å². The van der Waals surface area contributed by atoms with Crippen LogP contribution in [0, 0.1) is 0 Å². The fraction of sp³-hybridized carbons (Fsp3) is 0.0889. The standard InChI is InChI=1S/C45H36N6/c1-4-40-38(37(26-21-32-14-13-27-46-29-32)31(3)45-47-39-19-11-12-20-41(39)51(40)45)28-30(2)33-22-24-36(25-23-33)44-49-42(34-15-7-5-8-16-34)48-43(50-44)35-17-9-6-10-18-35/h4-28,31H,1,29H2,2-3H3/b30-28+,32-21-,37-26+. The van der Waals surface area contributed by atoms with Gasteiger partial charge in [-0.05, 0) is 59.6 Å². The van der Waals surface area contributed by atoms with E-state index in [4.69, 9.17) is 19.9 Å². The van der Waals surface area contributed by atoms with E-state index in [1.807, 2.05) is 85.1 Å². The van der Waals surface area contributed by atoms with Crippen molar-refractivity contribution in [2.45, 2.75) is 19.8 Å². The van der Waals surface area contributed by atoms with Crippen LogP contribution in [-0.2, 0) is 0 Å². The van der Waals surface area contributed by atoms with Crippen LogP contribution in [0.1, 0.15) is 31.2 Å². The molecule has 4 heterocycles. The predicted octanol–water partition coefficient (Wildman–Crippen LogP) is 10.3. The molecule has 6 heteroatoms. The molecule has 2 aliphatic rings. The Hall–Kier alpha value is -6.53. The molecular formula is C45H36N6. The van der Waals surface area contributed by atoms with Gasteiger partial charge in [-0.25, -0.2) is 19.9 Å². The van der Waals surface area contributed by atoms with Crippen LogP contribution < -0.4 is 0 Å². The van der Waals surface area contributed by atoms with Crippen LogP contribution in [0.25, 0.3) is 56.5 Å². The summed E-state index contributed by atoms with van der Waals surface area (Å²) in [6, 6.07) is 36.9. The molecule has 51 heavy (non-hydrogen) atoms. The highest BCUT2D eigenvalue weighted by Gasteiger charge is 2.29. The fourth-order valence-electron chi connectivity index (χ4n) is 6.68. The van der Waals surface area contributed by atoms with Crippen LogP contribution in [0.5, 0.6) is 0 Å². The summed E-state index contributed by atoms with van der Waals surface area (Å²) >= 11 is 0. The SMILES string of the molecule is C=CC1=C(/C=C(\C)c2ccc(-c3nc(-c4ccccc4)nc(-c4ccccc4)n3)cc2)/C(=C/C=C2/C=CC=NC2)C(C)c2nc3ccccc3n21. The Kier molecular flexibility index (Phi) is 8.56. The van der Waals surface area contributed by atoms with Gasteiger partial charge in [0.25, 0.3) is 0 Å². The lowest BCUT2D eigenvalue weighted by Crippen LogP contribution is -2.17. The normalized spacial score (nSPS) is 17.4. The Morgan fingerprint density at radius 1 is 0.725 bits per heavy atom. The van der Waals surface area contributed by atoms with Gasteiger partial charge in [-0.2, -0.15) is 0 Å². The summed E-state index contributed by atoms with van der Waals surface area (Å²) in [6.07, 6.45) is 14.6. The Bertz CT molecular complexity index is 2400. The fourth-order valence-corrected chi connectivity index (χ4v) is 6.68. The summed E-state index contributed by atoms with van der Waals surface area (Å²) in [5, 5.41) is 0. The van der Waals surface area contributed by atoms with E-state index in [-0.39, 0.29) is 5.92 Å². The Balaban J connectivity index is 1.21. The first-order chi connectivity index (χ1) is 25.1. The van der Waals surface area contributed by atoms with Gasteiger partial charge in [0.05, 0.1) is 23.3 Å². The first kappa shape index (κ1) is 31.7. The Labute approximate surface area is 298 Å². The second-order valence-corrected chi connectivity index (χ2v) is 12.7. The summed E-state index contributed by atoms with van der Waals surface area (Å²) < 4.78 is 2.26. The molecule has 0 N–H and O–H groups in total. The highest BCUT2D eigenvalue weighted by molar-refractivity contribution is 5.88. The maximum absolute atomic E-state index is 5.08. The van der Waals surface area contributed by atoms with E-state index in [1.165, 1.54) is 5.57 Å². The molecule has 6 aromatic rings. The van der Waals surface area contributed by atoms with Gasteiger partial charge < -0.3 is 0 Å². The number of fused-ring (bicyclic) bond motifs is 3. The second kappa shape index (κ2) is 13.8. The first-order valence-corrected chi connectivity index (χ1v) is 17.2. The topological polar surface area (TPSA) is 68.8 Å². The van der Waals surface area contributed by atoms with Gasteiger partial charge in [-0.3, -0.25) is 9.56 Å². The molecular weight excluding hydrogens is 625 g/mol. The maximum atomic E-state index is 5.08. The van der Waals surface area contributed by atoms with Crippen LogP contribution in [0.15, 0.2) is 174 Å². The summed E-state index contributed by atoms with van der Waals surface area (Å²) in [7, 11) is 0. The number of rotatable bonds is 7. The van der Waals surface area contributed by atoms with Gasteiger partial charge in [0.15, 0.2) is 17.5 Å². The van der Waals surface area contributed by atoms with Crippen molar-refractivity contribution in [1.82, 2.24) is 24.5 Å². The van der Waals surface area contributed by atoms with E-state index in [2.05, 4.69) is 96.8 Å². The molecule has 0 fully saturated rings. The number of benzene rings is 4. The van der Waals surface area contributed by atoms with Crippen molar-refractivity contribution in [3.8, 4) is 34.2 Å². The Morgan fingerprint density at radius 2 is 1.33 bits per heavy atom. The number of hydrogen-bond donors (Lipinski definition) is 0. The van der Waals surface area contributed by atoms with Gasteiger partial charge in [0.1, 0.15) is 5.82 Å². The molecule has 1 unspecified atom stereocenters. The quantitative estimate of drug-likeness (QED) is 0.171. The zero-order valence-electron chi connectivity index (χ0n) is 28.6. The zero-order chi connectivity index (χ0) is 34.7. The number of aromatic nitrogens is 5. The van der Waals surface area contributed by atoms with E-state index in [0.29, 0.717) is 24.0 Å². The van der Waals surface area contributed by atoms with Gasteiger partial charge >= 0.3 is 0 Å². The lowest BCUT2D eigenvalue weighted by Gasteiger charge is -2.28. The summed E-state index contributed by atoms with van der Waals surface area (Å²) in [4.78, 5) is 24.2. The summed E-state index contributed by atoms with van der Waals surface area (Å²) in [5.41, 5.74) is 11.6. The van der Waals surface area contributed by atoms with Crippen molar-refractivity contribution in [1.29, 1.82) is 0 Å². The maximum Gasteiger partial charge on any atom is 0.164 e. The lowest BCUT2D eigenvalue weighted by atomic mass is 9.86. The number of allylic oxidation sites excluding steroid dienone is 9. The van der Waals surface area contributed by atoms with E-state index < -0.39 is 0 Å². The minimum absolute atomic E-state index is 0.0527. The molecule has 1 atom stereocenters. The molecule has 6 nitrogen and oxygen atoms in total. The minimum atomic E-state index is 0.0527. The monoisotopic (exact) mass is 660 g/mol. The summed E-state index contributed by atoms with van der Waals surface area (Å²) in [5.74, 6) is 2.98. The number of para-hydroxylation sites is 2. The molecule has 0 saturated heterocycles. The van der Waals surface area contributed by atoms with Crippen LogP contribution in [0.2, 0.25) is 0 Å². The average Bonchev–Trinajstić information content (AvgIpc) is 3.59. The van der Waals surface area contributed by atoms with Gasteiger partial charge in [-0.1, -0.05) is 129 Å². The van der Waals surface area contributed by atoms with Crippen LogP contribution in [-0.4, -0.2) is 37.3 Å². The number of dihydropyridines is 1. The zero-order valence-corrected chi connectivity index (χ0v) is 28.6. The molecule has 0 aliphatic carbocycles. The second-order valence-electron chi connectivity index (χ2n) is 12.7. The van der Waals surface area contributed by atoms with E-state index >= 15 is 0 Å². The van der Waals surface area contributed by atoms with Gasteiger partial charge in [0.2, 0.25) is 0 Å². The molecule has 2 aliphatic heterocycles. The molecule has 0 amide bonds. The van der Waals surface area contributed by atoms with Crippen molar-refractivity contribution in [2.24, 2.45) is 4.99 Å². The van der Waals surface area contributed by atoms with Crippen molar-refractivity contribution < 1.29 is 0 Å². The van der Waals surface area contributed by atoms with E-state index in [0.717, 1.165) is 61.5 Å². The molecule has 0 bridgehead atoms. The molecule has 4 aromatic carbocycles.